The molecule has 0 saturated carbocycles. The summed E-state index contributed by atoms with van der Waals surface area (Å²) in [6, 6.07) is 8.47. The highest BCUT2D eigenvalue weighted by Crippen LogP contribution is 2.25. The van der Waals surface area contributed by atoms with Crippen LogP contribution in [0.15, 0.2) is 36.8 Å². The number of anilines is 1. The number of likely N-dealkylation sites (N-methyl/N-ethyl adjacent to an activating group) is 1. The summed E-state index contributed by atoms with van der Waals surface area (Å²) < 4.78 is 0. The highest BCUT2D eigenvalue weighted by Gasteiger charge is 2.17. The summed E-state index contributed by atoms with van der Waals surface area (Å²) in [5, 5.41) is 0. The summed E-state index contributed by atoms with van der Waals surface area (Å²) in [6.07, 6.45) is 3.31. The molecule has 1 atom stereocenters. The largest absolute Gasteiger partial charge is 0.365 e. The summed E-state index contributed by atoms with van der Waals surface area (Å²) in [4.78, 5) is 10.4. The Morgan fingerprint density at radius 1 is 1.21 bits per heavy atom. The Labute approximate surface area is 114 Å². The van der Waals surface area contributed by atoms with Crippen LogP contribution in [-0.4, -0.2) is 23.6 Å². The first-order valence-corrected chi connectivity index (χ1v) is 6.39. The molecule has 0 fully saturated rings. The third-order valence-corrected chi connectivity index (χ3v) is 3.25. The predicted molar refractivity (Wildman–Crippen MR) is 78.1 cm³/mol. The van der Waals surface area contributed by atoms with Crippen molar-refractivity contribution in [2.75, 3.05) is 18.5 Å². The topological polar surface area (TPSA) is 55.0 Å². The van der Waals surface area contributed by atoms with E-state index in [1.807, 2.05) is 13.1 Å². The molecule has 1 aromatic carbocycles. The molecule has 0 amide bonds. The van der Waals surface area contributed by atoms with E-state index in [1.165, 1.54) is 11.1 Å². The highest BCUT2D eigenvalue weighted by molar-refractivity contribution is 5.51. The zero-order valence-electron chi connectivity index (χ0n) is 11.7. The van der Waals surface area contributed by atoms with Gasteiger partial charge in [-0.3, -0.25) is 0 Å². The molecule has 0 aliphatic rings. The van der Waals surface area contributed by atoms with Crippen LogP contribution in [-0.2, 0) is 0 Å². The van der Waals surface area contributed by atoms with Crippen molar-refractivity contribution < 1.29 is 0 Å². The zero-order chi connectivity index (χ0) is 13.8. The van der Waals surface area contributed by atoms with Gasteiger partial charge in [0.2, 0.25) is 0 Å². The van der Waals surface area contributed by atoms with Gasteiger partial charge < -0.3 is 10.6 Å². The van der Waals surface area contributed by atoms with Crippen molar-refractivity contribution in [2.24, 2.45) is 5.73 Å². The van der Waals surface area contributed by atoms with Crippen molar-refractivity contribution in [3.63, 3.8) is 0 Å². The molecule has 2 aromatic rings. The third kappa shape index (κ3) is 3.09. The molecule has 0 bridgehead atoms. The number of hydrogen-bond acceptors (Lipinski definition) is 4. The molecular formula is C15H20N4. The third-order valence-electron chi connectivity index (χ3n) is 3.25. The fourth-order valence-electron chi connectivity index (χ4n) is 2.31. The van der Waals surface area contributed by atoms with Crippen LogP contribution in [0.1, 0.15) is 22.9 Å². The van der Waals surface area contributed by atoms with Crippen molar-refractivity contribution in [2.45, 2.75) is 19.9 Å². The van der Waals surface area contributed by atoms with E-state index in [1.54, 1.807) is 12.5 Å². The van der Waals surface area contributed by atoms with Crippen LogP contribution >= 0.6 is 0 Å². The van der Waals surface area contributed by atoms with Gasteiger partial charge in [0.15, 0.2) is 0 Å². The van der Waals surface area contributed by atoms with Gasteiger partial charge in [0.05, 0.1) is 11.7 Å². The number of nitrogens with zero attached hydrogens (tertiary/aromatic N) is 3. The first-order chi connectivity index (χ1) is 9.11. The molecule has 2 rings (SSSR count). The Kier molecular flexibility index (Phi) is 4.12. The maximum absolute atomic E-state index is 5.92. The lowest BCUT2D eigenvalue weighted by Crippen LogP contribution is -2.31. The van der Waals surface area contributed by atoms with Crippen LogP contribution in [0.4, 0.5) is 5.69 Å². The van der Waals surface area contributed by atoms with E-state index in [0.29, 0.717) is 6.54 Å². The number of aromatic nitrogens is 2. The average molecular weight is 256 g/mol. The van der Waals surface area contributed by atoms with Crippen LogP contribution < -0.4 is 10.6 Å². The highest BCUT2D eigenvalue weighted by atomic mass is 15.2. The van der Waals surface area contributed by atoms with Crippen LogP contribution in [0, 0.1) is 13.8 Å². The van der Waals surface area contributed by atoms with Crippen molar-refractivity contribution in [3.05, 3.63) is 53.6 Å². The van der Waals surface area contributed by atoms with E-state index in [-0.39, 0.29) is 6.04 Å². The first kappa shape index (κ1) is 13.5. The van der Waals surface area contributed by atoms with Gasteiger partial charge in [0, 0.05) is 25.5 Å². The second-order valence-corrected chi connectivity index (χ2v) is 4.84. The van der Waals surface area contributed by atoms with E-state index in [0.717, 1.165) is 11.4 Å². The fourth-order valence-corrected chi connectivity index (χ4v) is 2.31. The Balaban J connectivity index is 2.33. The Hall–Kier alpha value is -1.94. The lowest BCUT2D eigenvalue weighted by molar-refractivity contribution is 0.657. The standard InChI is InChI=1S/C15H20N4/c1-11-6-12(2)8-13(7-11)19(3)15(9-16)14-4-5-17-10-18-14/h4-8,10,15H,9,16H2,1-3H3. The molecule has 1 heterocycles. The molecule has 0 spiro atoms. The van der Waals surface area contributed by atoms with Gasteiger partial charge >= 0.3 is 0 Å². The van der Waals surface area contributed by atoms with Gasteiger partial charge in [-0.2, -0.15) is 0 Å². The second kappa shape index (κ2) is 5.80. The molecule has 0 radical (unpaired) electrons. The van der Waals surface area contributed by atoms with E-state index in [2.05, 4.69) is 46.9 Å². The van der Waals surface area contributed by atoms with Gasteiger partial charge in [0.1, 0.15) is 6.33 Å². The van der Waals surface area contributed by atoms with Gasteiger partial charge in [-0.15, -0.1) is 0 Å². The summed E-state index contributed by atoms with van der Waals surface area (Å²) >= 11 is 0. The number of rotatable bonds is 4. The maximum Gasteiger partial charge on any atom is 0.115 e. The van der Waals surface area contributed by atoms with Gasteiger partial charge in [-0.1, -0.05) is 6.07 Å². The van der Waals surface area contributed by atoms with Crippen LogP contribution in [0.25, 0.3) is 0 Å². The van der Waals surface area contributed by atoms with Crippen LogP contribution in [0.2, 0.25) is 0 Å². The van der Waals surface area contributed by atoms with Crippen molar-refractivity contribution in [1.29, 1.82) is 0 Å². The number of hydrogen-bond donors (Lipinski definition) is 1. The first-order valence-electron chi connectivity index (χ1n) is 6.39. The van der Waals surface area contributed by atoms with Crippen molar-refractivity contribution >= 4 is 5.69 Å². The minimum Gasteiger partial charge on any atom is -0.365 e. The molecule has 1 aromatic heterocycles. The maximum atomic E-state index is 5.92. The second-order valence-electron chi connectivity index (χ2n) is 4.84. The molecular weight excluding hydrogens is 236 g/mol. The number of nitrogens with two attached hydrogens (primary N) is 1. The molecule has 1 unspecified atom stereocenters. The summed E-state index contributed by atoms with van der Waals surface area (Å²) in [7, 11) is 2.05. The lowest BCUT2D eigenvalue weighted by Gasteiger charge is -2.29. The zero-order valence-corrected chi connectivity index (χ0v) is 11.7. The van der Waals surface area contributed by atoms with E-state index in [9.17, 15) is 0 Å². The van der Waals surface area contributed by atoms with E-state index >= 15 is 0 Å². The van der Waals surface area contributed by atoms with Crippen molar-refractivity contribution in [1.82, 2.24) is 9.97 Å². The molecule has 100 valence electrons. The summed E-state index contributed by atoms with van der Waals surface area (Å²) in [5.74, 6) is 0. The van der Waals surface area contributed by atoms with Gasteiger partial charge in [-0.25, -0.2) is 9.97 Å². The minimum absolute atomic E-state index is 0.0594. The van der Waals surface area contributed by atoms with Gasteiger partial charge in [-0.05, 0) is 43.2 Å². The summed E-state index contributed by atoms with van der Waals surface area (Å²) in [5.41, 5.74) is 10.5. The fraction of sp³-hybridized carbons (Fsp3) is 0.333. The summed E-state index contributed by atoms with van der Waals surface area (Å²) in [6.45, 7) is 4.72. The average Bonchev–Trinajstić information content (AvgIpc) is 2.39. The monoisotopic (exact) mass is 256 g/mol. The molecule has 0 aliphatic carbocycles. The van der Waals surface area contributed by atoms with E-state index < -0.39 is 0 Å². The molecule has 4 nitrogen and oxygen atoms in total. The predicted octanol–water partition coefficient (Wildman–Crippen LogP) is 2.23. The molecule has 2 N–H and O–H groups in total. The van der Waals surface area contributed by atoms with Crippen LogP contribution in [0.3, 0.4) is 0 Å². The Bertz CT molecular complexity index is 519. The smallest absolute Gasteiger partial charge is 0.115 e. The molecule has 4 heteroatoms. The Morgan fingerprint density at radius 2 is 1.89 bits per heavy atom. The Morgan fingerprint density at radius 3 is 2.42 bits per heavy atom. The lowest BCUT2D eigenvalue weighted by atomic mass is 10.1. The van der Waals surface area contributed by atoms with Crippen molar-refractivity contribution in [3.8, 4) is 0 Å². The van der Waals surface area contributed by atoms with E-state index in [4.69, 9.17) is 5.73 Å². The molecule has 0 aliphatic heterocycles. The minimum atomic E-state index is 0.0594. The van der Waals surface area contributed by atoms with Crippen LogP contribution in [0.5, 0.6) is 0 Å². The molecule has 0 saturated heterocycles. The molecule has 19 heavy (non-hydrogen) atoms. The number of aryl methyl sites for hydroxylation is 2. The van der Waals surface area contributed by atoms with Gasteiger partial charge in [0.25, 0.3) is 0 Å². The quantitative estimate of drug-likeness (QED) is 0.911. The SMILES string of the molecule is Cc1cc(C)cc(N(C)C(CN)c2ccncn2)c1. The number of benzene rings is 1. The normalized spacial score (nSPS) is 12.2.